The van der Waals surface area contributed by atoms with Crippen LogP contribution in [-0.2, 0) is 4.79 Å². The average Bonchev–Trinajstić information content (AvgIpc) is 2.77. The fraction of sp³-hybridized carbons (Fsp3) is 0.333. The third-order valence-electron chi connectivity index (χ3n) is 6.07. The van der Waals surface area contributed by atoms with E-state index in [0.717, 1.165) is 17.0 Å². The minimum atomic E-state index is -0.864. The Hall–Kier alpha value is -2.97. The maximum Gasteiger partial charge on any atom is 0.307 e. The van der Waals surface area contributed by atoms with Crippen LogP contribution in [0.4, 0.5) is 14.5 Å². The van der Waals surface area contributed by atoms with Crippen LogP contribution in [0.25, 0.3) is 10.9 Å². The summed E-state index contributed by atoms with van der Waals surface area (Å²) in [6.45, 7) is 2.10. The minimum Gasteiger partial charge on any atom is -0.497 e. The molecule has 0 spiro atoms. The lowest BCUT2D eigenvalue weighted by Gasteiger charge is -2.37. The van der Waals surface area contributed by atoms with Crippen molar-refractivity contribution in [1.29, 1.82) is 0 Å². The lowest BCUT2D eigenvalue weighted by atomic mass is 9.79. The quantitative estimate of drug-likeness (QED) is 0.512. The van der Waals surface area contributed by atoms with E-state index in [-0.39, 0.29) is 5.92 Å². The highest BCUT2D eigenvalue weighted by Crippen LogP contribution is 2.40. The molecular weight excluding hydrogens is 452 g/mol. The van der Waals surface area contributed by atoms with Crippen LogP contribution >= 0.6 is 11.6 Å². The summed E-state index contributed by atoms with van der Waals surface area (Å²) in [6.07, 6.45) is 2.02. The molecule has 0 amide bonds. The van der Waals surface area contributed by atoms with Crippen LogP contribution in [0.2, 0.25) is 5.02 Å². The van der Waals surface area contributed by atoms with E-state index < -0.39 is 23.5 Å². The van der Waals surface area contributed by atoms with Gasteiger partial charge in [0.1, 0.15) is 17.4 Å². The normalized spacial score (nSPS) is 18.9. The van der Waals surface area contributed by atoms with E-state index in [1.165, 1.54) is 12.1 Å². The molecule has 1 saturated heterocycles. The van der Waals surface area contributed by atoms with Crippen LogP contribution < -0.4 is 10.1 Å². The number of nitrogens with zero attached hydrogens (tertiary/aromatic N) is 2. The van der Waals surface area contributed by atoms with E-state index in [4.69, 9.17) is 16.3 Å². The number of likely N-dealkylation sites (tertiary alicyclic amines) is 1. The molecule has 4 rings (SSSR count). The third kappa shape index (κ3) is 5.17. The van der Waals surface area contributed by atoms with Gasteiger partial charge in [-0.25, -0.2) is 8.78 Å². The summed E-state index contributed by atoms with van der Waals surface area (Å²) in [5.74, 6) is -2.46. The van der Waals surface area contributed by atoms with Gasteiger partial charge < -0.3 is 20.1 Å². The molecule has 0 bridgehead atoms. The molecule has 0 radical (unpaired) electrons. The molecule has 9 heteroatoms. The Bertz CT molecular complexity index is 1160. The maximum atomic E-state index is 13.4. The number of aromatic nitrogens is 1. The lowest BCUT2D eigenvalue weighted by Crippen LogP contribution is -2.43. The first-order valence-electron chi connectivity index (χ1n) is 10.6. The number of hydrogen-bond donors (Lipinski definition) is 2. The number of anilines is 1. The number of nitrogens with one attached hydrogen (secondary N) is 1. The smallest absolute Gasteiger partial charge is 0.307 e. The first kappa shape index (κ1) is 23.2. The van der Waals surface area contributed by atoms with Gasteiger partial charge in [-0.3, -0.25) is 9.78 Å². The second-order valence-electron chi connectivity index (χ2n) is 8.13. The minimum absolute atomic E-state index is 0.354. The van der Waals surface area contributed by atoms with Crippen molar-refractivity contribution in [2.24, 2.45) is 5.92 Å². The molecule has 2 aromatic carbocycles. The number of fused-ring (bicyclic) bond motifs is 1. The number of carbonyl (C=O) groups is 1. The highest BCUT2D eigenvalue weighted by atomic mass is 35.5. The Morgan fingerprint density at radius 1 is 1.27 bits per heavy atom. The highest BCUT2D eigenvalue weighted by Gasteiger charge is 2.37. The van der Waals surface area contributed by atoms with Crippen LogP contribution in [0.3, 0.4) is 0 Å². The second-order valence-corrected chi connectivity index (χ2v) is 8.54. The second kappa shape index (κ2) is 9.89. The summed E-state index contributed by atoms with van der Waals surface area (Å²) in [5, 5.41) is 14.1. The number of piperidine rings is 1. The number of rotatable bonds is 7. The van der Waals surface area contributed by atoms with Gasteiger partial charge in [0.15, 0.2) is 0 Å². The fourth-order valence-electron chi connectivity index (χ4n) is 4.50. The molecule has 1 aromatic heterocycles. The van der Waals surface area contributed by atoms with Gasteiger partial charge in [0.2, 0.25) is 0 Å². The van der Waals surface area contributed by atoms with Crippen LogP contribution in [0.15, 0.2) is 42.6 Å². The number of carboxylic acids is 1. The Kier molecular flexibility index (Phi) is 6.95. The van der Waals surface area contributed by atoms with Crippen molar-refractivity contribution < 1.29 is 23.4 Å². The molecule has 1 aliphatic rings. The van der Waals surface area contributed by atoms with Crippen molar-refractivity contribution in [1.82, 2.24) is 9.88 Å². The molecule has 0 saturated carbocycles. The van der Waals surface area contributed by atoms with E-state index in [1.807, 2.05) is 12.1 Å². The number of aliphatic carboxylic acids is 1. The van der Waals surface area contributed by atoms with E-state index in [1.54, 1.807) is 19.4 Å². The van der Waals surface area contributed by atoms with Crippen molar-refractivity contribution in [3.05, 3.63) is 64.8 Å². The van der Waals surface area contributed by atoms with Crippen LogP contribution in [0.5, 0.6) is 5.75 Å². The molecule has 2 N–H and O–H groups in total. The zero-order valence-electron chi connectivity index (χ0n) is 18.0. The topological polar surface area (TPSA) is 74.7 Å². The number of methoxy groups -OCH3 is 1. The molecular formula is C24H24ClF2N3O3. The van der Waals surface area contributed by atoms with Crippen molar-refractivity contribution in [3.8, 4) is 5.75 Å². The number of benzene rings is 2. The first-order chi connectivity index (χ1) is 15.9. The zero-order chi connectivity index (χ0) is 23.5. The summed E-state index contributed by atoms with van der Waals surface area (Å²) in [6, 6.07) is 8.76. The summed E-state index contributed by atoms with van der Waals surface area (Å²) in [4.78, 5) is 18.6. The molecule has 2 atom stereocenters. The van der Waals surface area contributed by atoms with Gasteiger partial charge in [-0.1, -0.05) is 11.6 Å². The number of halogens is 3. The third-order valence-corrected chi connectivity index (χ3v) is 6.37. The van der Waals surface area contributed by atoms with Crippen LogP contribution in [-0.4, -0.2) is 54.2 Å². The number of carboxylic acid groups (broad SMARTS) is 1. The molecule has 2 heterocycles. The standard InChI is InChI=1S/C24H24ClF2N3O3/c1-33-17-2-3-22-19(11-17)23(21(25)12-29-22)20-13-30(6-4-18(20)24(31)32)7-5-28-16-9-14(26)8-15(27)10-16/h2-3,8-12,18,20,28H,4-7,13H2,1H3,(H,31,32). The van der Waals surface area contributed by atoms with Gasteiger partial charge in [-0.2, -0.15) is 0 Å². The summed E-state index contributed by atoms with van der Waals surface area (Å²) in [7, 11) is 1.57. The maximum absolute atomic E-state index is 13.4. The van der Waals surface area contributed by atoms with Gasteiger partial charge in [-0.15, -0.1) is 0 Å². The van der Waals surface area contributed by atoms with Crippen molar-refractivity contribution >= 4 is 34.2 Å². The molecule has 2 unspecified atom stereocenters. The van der Waals surface area contributed by atoms with Crippen molar-refractivity contribution in [2.45, 2.75) is 12.3 Å². The van der Waals surface area contributed by atoms with Crippen molar-refractivity contribution in [3.63, 3.8) is 0 Å². The first-order valence-corrected chi connectivity index (χ1v) is 11.0. The lowest BCUT2D eigenvalue weighted by molar-refractivity contribution is -0.144. The number of hydrogen-bond acceptors (Lipinski definition) is 5. The summed E-state index contributed by atoms with van der Waals surface area (Å²) >= 11 is 6.57. The summed E-state index contributed by atoms with van der Waals surface area (Å²) < 4.78 is 32.2. The van der Waals surface area contributed by atoms with Crippen LogP contribution in [0.1, 0.15) is 17.9 Å². The van der Waals surface area contributed by atoms with Gasteiger partial charge in [0, 0.05) is 48.9 Å². The highest BCUT2D eigenvalue weighted by molar-refractivity contribution is 6.32. The van der Waals surface area contributed by atoms with Gasteiger partial charge in [0.25, 0.3) is 0 Å². The Balaban J connectivity index is 1.57. The monoisotopic (exact) mass is 475 g/mol. The SMILES string of the molecule is COc1ccc2ncc(Cl)c(C3CN(CCNc4cc(F)cc(F)c4)CCC3C(=O)O)c2c1. The Morgan fingerprint density at radius 2 is 2.03 bits per heavy atom. The van der Waals surface area contributed by atoms with E-state index in [2.05, 4.69) is 15.2 Å². The molecule has 6 nitrogen and oxygen atoms in total. The summed E-state index contributed by atoms with van der Waals surface area (Å²) in [5.41, 5.74) is 1.82. The predicted molar refractivity (Wildman–Crippen MR) is 123 cm³/mol. The van der Waals surface area contributed by atoms with Crippen molar-refractivity contribution in [2.75, 3.05) is 38.6 Å². The van der Waals surface area contributed by atoms with Gasteiger partial charge in [-0.05, 0) is 48.9 Å². The fourth-order valence-corrected chi connectivity index (χ4v) is 4.79. The molecule has 1 fully saturated rings. The molecule has 1 aliphatic heterocycles. The molecule has 0 aliphatic carbocycles. The number of pyridine rings is 1. The Labute approximate surface area is 195 Å². The van der Waals surface area contributed by atoms with E-state index >= 15 is 0 Å². The van der Waals surface area contributed by atoms with Gasteiger partial charge >= 0.3 is 5.97 Å². The van der Waals surface area contributed by atoms with Gasteiger partial charge in [0.05, 0.1) is 23.6 Å². The van der Waals surface area contributed by atoms with E-state index in [0.29, 0.717) is 54.6 Å². The molecule has 3 aromatic rings. The van der Waals surface area contributed by atoms with E-state index in [9.17, 15) is 18.7 Å². The molecule has 174 valence electrons. The zero-order valence-corrected chi connectivity index (χ0v) is 18.8. The van der Waals surface area contributed by atoms with Crippen LogP contribution in [0, 0.1) is 17.6 Å². The number of ether oxygens (including phenoxy) is 1. The average molecular weight is 476 g/mol. The molecule has 33 heavy (non-hydrogen) atoms. The predicted octanol–water partition coefficient (Wildman–Crippen LogP) is 4.78. The largest absolute Gasteiger partial charge is 0.497 e. The Morgan fingerprint density at radius 3 is 2.73 bits per heavy atom.